The monoisotopic (exact) mass is 210 g/mol. The van der Waals surface area contributed by atoms with Crippen LogP contribution in [-0.4, -0.2) is 10.7 Å². The average molecular weight is 210 g/mol. The first-order chi connectivity index (χ1) is 6.41. The second kappa shape index (κ2) is 4.05. The van der Waals surface area contributed by atoms with Crippen LogP contribution < -0.4 is 4.74 Å². The highest BCUT2D eigenvalue weighted by Gasteiger charge is 2.25. The fraction of sp³-hybridized carbons (Fsp3) is 0.364. The first-order valence-electron chi connectivity index (χ1n) is 4.41. The smallest absolute Gasteiger partial charge is 0.326 e. The van der Waals surface area contributed by atoms with Crippen molar-refractivity contribution < 1.29 is 9.53 Å². The first-order valence-corrected chi connectivity index (χ1v) is 4.86. The zero-order valence-electron chi connectivity index (χ0n) is 8.57. The SMILES string of the molecule is Cc1ccccc1OC(=O)C(C)(C)S. The number of hydrogen-bond acceptors (Lipinski definition) is 3. The van der Waals surface area contributed by atoms with E-state index in [1.807, 2.05) is 25.1 Å². The molecule has 0 N–H and O–H groups in total. The predicted octanol–water partition coefficient (Wildman–Crippen LogP) is 2.61. The molecule has 0 fully saturated rings. The van der Waals surface area contributed by atoms with E-state index in [1.54, 1.807) is 19.9 Å². The van der Waals surface area contributed by atoms with Crippen LogP contribution in [0.5, 0.6) is 5.75 Å². The molecule has 1 rings (SSSR count). The normalized spacial score (nSPS) is 11.1. The van der Waals surface area contributed by atoms with Crippen LogP contribution in [0.2, 0.25) is 0 Å². The molecule has 76 valence electrons. The van der Waals surface area contributed by atoms with Crippen LogP contribution in [0.15, 0.2) is 24.3 Å². The van der Waals surface area contributed by atoms with E-state index in [2.05, 4.69) is 12.6 Å². The summed E-state index contributed by atoms with van der Waals surface area (Å²) in [7, 11) is 0. The summed E-state index contributed by atoms with van der Waals surface area (Å²) < 4.78 is 4.43. The minimum Gasteiger partial charge on any atom is -0.425 e. The van der Waals surface area contributed by atoms with Crippen molar-refractivity contribution in [3.63, 3.8) is 0 Å². The van der Waals surface area contributed by atoms with E-state index in [0.29, 0.717) is 5.75 Å². The Kier molecular flexibility index (Phi) is 3.21. The maximum Gasteiger partial charge on any atom is 0.326 e. The summed E-state index contributed by atoms with van der Waals surface area (Å²) in [4.78, 5) is 11.5. The number of thiol groups is 1. The lowest BCUT2D eigenvalue weighted by Gasteiger charge is -2.16. The predicted molar refractivity (Wildman–Crippen MR) is 59.9 cm³/mol. The third-order valence-corrected chi connectivity index (χ3v) is 1.98. The molecule has 1 aromatic carbocycles. The Bertz CT molecular complexity index is 339. The molecule has 0 amide bonds. The summed E-state index contributed by atoms with van der Waals surface area (Å²) in [5, 5.41) is 0. The molecule has 0 spiro atoms. The number of carbonyl (C=O) groups excluding carboxylic acids is 1. The van der Waals surface area contributed by atoms with Crippen molar-refractivity contribution in [2.24, 2.45) is 0 Å². The highest BCUT2D eigenvalue weighted by Crippen LogP contribution is 2.21. The van der Waals surface area contributed by atoms with Gasteiger partial charge < -0.3 is 4.74 Å². The van der Waals surface area contributed by atoms with Gasteiger partial charge in [0.15, 0.2) is 0 Å². The summed E-state index contributed by atoms with van der Waals surface area (Å²) in [5.41, 5.74) is 0.943. The number of benzene rings is 1. The standard InChI is InChI=1S/C11H14O2S/c1-8-6-4-5-7-9(8)13-10(12)11(2,3)14/h4-7,14H,1-3H3. The van der Waals surface area contributed by atoms with Gasteiger partial charge in [-0.05, 0) is 32.4 Å². The van der Waals surface area contributed by atoms with Crippen molar-refractivity contribution in [1.82, 2.24) is 0 Å². The third-order valence-electron chi connectivity index (χ3n) is 1.80. The minimum atomic E-state index is -0.762. The van der Waals surface area contributed by atoms with Gasteiger partial charge in [-0.1, -0.05) is 18.2 Å². The highest BCUT2D eigenvalue weighted by atomic mass is 32.1. The molecule has 0 aliphatic carbocycles. The summed E-state index contributed by atoms with van der Waals surface area (Å²) in [6.07, 6.45) is 0. The van der Waals surface area contributed by atoms with E-state index in [1.165, 1.54) is 0 Å². The van der Waals surface area contributed by atoms with Gasteiger partial charge in [0.1, 0.15) is 10.5 Å². The van der Waals surface area contributed by atoms with Gasteiger partial charge in [0, 0.05) is 0 Å². The number of esters is 1. The molecule has 3 heteroatoms. The Morgan fingerprint density at radius 1 is 1.36 bits per heavy atom. The molecule has 0 saturated carbocycles. The van der Waals surface area contributed by atoms with E-state index in [0.717, 1.165) is 5.56 Å². The minimum absolute atomic E-state index is 0.338. The molecule has 1 aromatic rings. The van der Waals surface area contributed by atoms with Gasteiger partial charge in [0.2, 0.25) is 0 Å². The number of para-hydroxylation sites is 1. The molecule has 0 unspecified atom stereocenters. The number of aryl methyl sites for hydroxylation is 1. The van der Waals surface area contributed by atoms with Crippen molar-refractivity contribution in [2.75, 3.05) is 0 Å². The Hall–Kier alpha value is -0.960. The topological polar surface area (TPSA) is 26.3 Å². The molecule has 0 saturated heterocycles. The zero-order valence-corrected chi connectivity index (χ0v) is 9.47. The van der Waals surface area contributed by atoms with Crippen LogP contribution in [0.1, 0.15) is 19.4 Å². The van der Waals surface area contributed by atoms with E-state index in [9.17, 15) is 4.79 Å². The van der Waals surface area contributed by atoms with E-state index < -0.39 is 4.75 Å². The molecule has 0 heterocycles. The van der Waals surface area contributed by atoms with E-state index in [-0.39, 0.29) is 5.97 Å². The Labute approximate surface area is 89.7 Å². The lowest BCUT2D eigenvalue weighted by molar-refractivity contribution is -0.136. The van der Waals surface area contributed by atoms with Crippen LogP contribution >= 0.6 is 12.6 Å². The molecule has 14 heavy (non-hydrogen) atoms. The lowest BCUT2D eigenvalue weighted by Crippen LogP contribution is -2.29. The van der Waals surface area contributed by atoms with Crippen LogP contribution in [0.4, 0.5) is 0 Å². The summed E-state index contributed by atoms with van der Waals surface area (Å²) in [5.74, 6) is 0.259. The van der Waals surface area contributed by atoms with Crippen LogP contribution in [0, 0.1) is 6.92 Å². The average Bonchev–Trinajstić information content (AvgIpc) is 2.07. The van der Waals surface area contributed by atoms with Gasteiger partial charge in [-0.2, -0.15) is 12.6 Å². The quantitative estimate of drug-likeness (QED) is 0.461. The second-order valence-electron chi connectivity index (χ2n) is 3.71. The number of carbonyl (C=O) groups is 1. The number of ether oxygens (including phenoxy) is 1. The second-order valence-corrected chi connectivity index (χ2v) is 4.83. The fourth-order valence-electron chi connectivity index (χ4n) is 0.896. The van der Waals surface area contributed by atoms with E-state index >= 15 is 0 Å². The molecule has 0 radical (unpaired) electrons. The van der Waals surface area contributed by atoms with Crippen LogP contribution in [0.25, 0.3) is 0 Å². The summed E-state index contributed by atoms with van der Waals surface area (Å²) >= 11 is 4.14. The molecule has 0 atom stereocenters. The van der Waals surface area contributed by atoms with Gasteiger partial charge in [0.05, 0.1) is 0 Å². The molecular weight excluding hydrogens is 196 g/mol. The molecular formula is C11H14O2S. The highest BCUT2D eigenvalue weighted by molar-refractivity contribution is 7.82. The summed E-state index contributed by atoms with van der Waals surface area (Å²) in [6.45, 7) is 5.31. The number of hydrogen-bond donors (Lipinski definition) is 1. The van der Waals surface area contributed by atoms with Crippen LogP contribution in [-0.2, 0) is 4.79 Å². The van der Waals surface area contributed by atoms with Crippen molar-refractivity contribution in [3.8, 4) is 5.75 Å². The van der Waals surface area contributed by atoms with Gasteiger partial charge in [-0.25, -0.2) is 0 Å². The Balaban J connectivity index is 2.80. The number of rotatable bonds is 2. The van der Waals surface area contributed by atoms with Gasteiger partial charge >= 0.3 is 5.97 Å². The zero-order chi connectivity index (χ0) is 10.8. The van der Waals surface area contributed by atoms with E-state index in [4.69, 9.17) is 4.74 Å². The lowest BCUT2D eigenvalue weighted by atomic mass is 10.2. The Morgan fingerprint density at radius 3 is 2.43 bits per heavy atom. The maximum atomic E-state index is 11.5. The van der Waals surface area contributed by atoms with Gasteiger partial charge in [-0.3, -0.25) is 4.79 Å². The van der Waals surface area contributed by atoms with Crippen molar-refractivity contribution >= 4 is 18.6 Å². The van der Waals surface area contributed by atoms with Gasteiger partial charge in [-0.15, -0.1) is 0 Å². The molecule has 0 aromatic heterocycles. The van der Waals surface area contributed by atoms with Crippen molar-refractivity contribution in [3.05, 3.63) is 29.8 Å². The van der Waals surface area contributed by atoms with Crippen molar-refractivity contribution in [1.29, 1.82) is 0 Å². The maximum absolute atomic E-state index is 11.5. The van der Waals surface area contributed by atoms with Crippen LogP contribution in [0.3, 0.4) is 0 Å². The molecule has 0 aliphatic heterocycles. The molecule has 2 nitrogen and oxygen atoms in total. The largest absolute Gasteiger partial charge is 0.425 e. The van der Waals surface area contributed by atoms with Gasteiger partial charge in [0.25, 0.3) is 0 Å². The first kappa shape index (κ1) is 11.1. The molecule has 0 aliphatic rings. The third kappa shape index (κ3) is 2.77. The Morgan fingerprint density at radius 2 is 1.93 bits per heavy atom. The summed E-state index contributed by atoms with van der Waals surface area (Å²) in [6, 6.07) is 7.40. The molecule has 0 bridgehead atoms. The fourth-order valence-corrected chi connectivity index (χ4v) is 0.941. The van der Waals surface area contributed by atoms with Crippen molar-refractivity contribution in [2.45, 2.75) is 25.5 Å².